The van der Waals surface area contributed by atoms with E-state index < -0.39 is 0 Å². The van der Waals surface area contributed by atoms with Gasteiger partial charge in [0.1, 0.15) is 5.75 Å². The minimum Gasteiger partial charge on any atom is -0.508 e. The molecule has 3 rings (SSSR count). The summed E-state index contributed by atoms with van der Waals surface area (Å²) in [7, 11) is 0. The van der Waals surface area contributed by atoms with Crippen molar-refractivity contribution in [1.29, 1.82) is 0 Å². The maximum Gasteiger partial charge on any atom is 0.228 e. The molecule has 21 heavy (non-hydrogen) atoms. The van der Waals surface area contributed by atoms with Crippen LogP contribution < -0.4 is 0 Å². The Hall–Kier alpha value is -1.51. The van der Waals surface area contributed by atoms with Crippen LogP contribution in [0.2, 0.25) is 0 Å². The van der Waals surface area contributed by atoms with E-state index >= 15 is 0 Å². The van der Waals surface area contributed by atoms with E-state index in [-0.39, 0.29) is 5.41 Å². The van der Waals surface area contributed by atoms with Gasteiger partial charge in [-0.1, -0.05) is 31.9 Å². The molecule has 114 valence electrons. The molecule has 0 spiro atoms. The van der Waals surface area contributed by atoms with Crippen LogP contribution in [0.3, 0.4) is 0 Å². The summed E-state index contributed by atoms with van der Waals surface area (Å²) in [6.45, 7) is 3.90. The second-order valence-corrected chi connectivity index (χ2v) is 6.93. The Balaban J connectivity index is 1.60. The summed E-state index contributed by atoms with van der Waals surface area (Å²) in [5.74, 6) is 1.22. The average molecular weight is 287 g/mol. The second-order valence-electron chi connectivity index (χ2n) is 6.93. The predicted octanol–water partition coefficient (Wildman–Crippen LogP) is 3.68. The number of nitrogens with zero attached hydrogens (tertiary/aromatic N) is 1. The third kappa shape index (κ3) is 2.92. The van der Waals surface area contributed by atoms with Gasteiger partial charge in [0, 0.05) is 18.5 Å². The van der Waals surface area contributed by atoms with Crippen LogP contribution in [0.4, 0.5) is 0 Å². The molecule has 0 unspecified atom stereocenters. The number of phenols is 1. The zero-order chi connectivity index (χ0) is 14.9. The van der Waals surface area contributed by atoms with Crippen molar-refractivity contribution >= 4 is 5.91 Å². The van der Waals surface area contributed by atoms with E-state index in [4.69, 9.17) is 0 Å². The number of carbonyl (C=O) groups is 1. The summed E-state index contributed by atoms with van der Waals surface area (Å²) >= 11 is 0. The minimum absolute atomic E-state index is 0.0919. The quantitative estimate of drug-likeness (QED) is 0.901. The second kappa shape index (κ2) is 5.70. The molecule has 2 fully saturated rings. The fraction of sp³-hybridized carbons (Fsp3) is 0.611. The molecule has 3 heteroatoms. The summed E-state index contributed by atoms with van der Waals surface area (Å²) in [6, 6.07) is 7.53. The van der Waals surface area contributed by atoms with Crippen molar-refractivity contribution in [2.24, 2.45) is 5.41 Å². The third-order valence-electron chi connectivity index (χ3n) is 5.37. The summed E-state index contributed by atoms with van der Waals surface area (Å²) in [5.41, 5.74) is 1.19. The molecule has 1 aliphatic heterocycles. The maximum absolute atomic E-state index is 12.7. The van der Waals surface area contributed by atoms with Crippen LogP contribution in [0.5, 0.6) is 5.75 Å². The van der Waals surface area contributed by atoms with Crippen LogP contribution in [0, 0.1) is 5.41 Å². The smallest absolute Gasteiger partial charge is 0.228 e. The van der Waals surface area contributed by atoms with Crippen LogP contribution in [0.1, 0.15) is 56.9 Å². The number of piperidine rings is 1. The van der Waals surface area contributed by atoms with Crippen LogP contribution in [-0.4, -0.2) is 29.0 Å². The van der Waals surface area contributed by atoms with Gasteiger partial charge in [-0.05, 0) is 49.3 Å². The Labute approximate surface area is 127 Å². The Morgan fingerprint density at radius 3 is 2.29 bits per heavy atom. The Morgan fingerprint density at radius 2 is 1.71 bits per heavy atom. The van der Waals surface area contributed by atoms with Gasteiger partial charge in [0.2, 0.25) is 5.91 Å². The zero-order valence-electron chi connectivity index (χ0n) is 12.8. The first-order valence-corrected chi connectivity index (χ1v) is 8.17. The normalized spacial score (nSPS) is 22.4. The van der Waals surface area contributed by atoms with Gasteiger partial charge in [-0.25, -0.2) is 0 Å². The van der Waals surface area contributed by atoms with Gasteiger partial charge in [0.15, 0.2) is 0 Å². The Kier molecular flexibility index (Phi) is 3.92. The van der Waals surface area contributed by atoms with Gasteiger partial charge < -0.3 is 10.0 Å². The van der Waals surface area contributed by atoms with Crippen molar-refractivity contribution < 1.29 is 9.90 Å². The molecule has 0 bridgehead atoms. The highest BCUT2D eigenvalue weighted by molar-refractivity contribution is 5.82. The largest absolute Gasteiger partial charge is 0.508 e. The number of amides is 1. The number of carbonyl (C=O) groups excluding carboxylic acids is 1. The Bertz CT molecular complexity index is 494. The number of aromatic hydroxyl groups is 1. The van der Waals surface area contributed by atoms with E-state index in [1.54, 1.807) is 12.1 Å². The van der Waals surface area contributed by atoms with Crippen molar-refractivity contribution in [2.75, 3.05) is 13.1 Å². The first-order chi connectivity index (χ1) is 10.1. The van der Waals surface area contributed by atoms with Gasteiger partial charge in [0.05, 0.1) is 0 Å². The van der Waals surface area contributed by atoms with Crippen LogP contribution in [0.25, 0.3) is 0 Å². The molecule has 1 amide bonds. The Morgan fingerprint density at radius 1 is 1.14 bits per heavy atom. The molecule has 0 radical (unpaired) electrons. The number of benzene rings is 1. The SMILES string of the molecule is CC1(C(=O)N2CCC(c3ccc(O)cc3)CC2)CCCC1. The van der Waals surface area contributed by atoms with E-state index in [0.717, 1.165) is 38.8 Å². The molecule has 2 aliphatic rings. The van der Waals surface area contributed by atoms with E-state index in [1.165, 1.54) is 18.4 Å². The van der Waals surface area contributed by atoms with E-state index in [0.29, 0.717) is 17.6 Å². The lowest BCUT2D eigenvalue weighted by Gasteiger charge is -2.37. The number of rotatable bonds is 2. The number of phenolic OH excluding ortho intramolecular Hbond substituents is 1. The lowest BCUT2D eigenvalue weighted by molar-refractivity contribution is -0.142. The zero-order valence-corrected chi connectivity index (χ0v) is 12.8. The number of hydrogen-bond donors (Lipinski definition) is 1. The molecule has 1 saturated carbocycles. The molecule has 1 aromatic rings. The molecule has 1 aromatic carbocycles. The summed E-state index contributed by atoms with van der Waals surface area (Å²) in [4.78, 5) is 14.8. The van der Waals surface area contributed by atoms with E-state index in [2.05, 4.69) is 11.8 Å². The van der Waals surface area contributed by atoms with Crippen LogP contribution in [0.15, 0.2) is 24.3 Å². The van der Waals surface area contributed by atoms with Gasteiger partial charge >= 0.3 is 0 Å². The van der Waals surface area contributed by atoms with Crippen LogP contribution >= 0.6 is 0 Å². The molecule has 1 heterocycles. The lowest BCUT2D eigenvalue weighted by Crippen LogP contribution is -2.45. The van der Waals surface area contributed by atoms with E-state index in [9.17, 15) is 9.90 Å². The predicted molar refractivity (Wildman–Crippen MR) is 83.2 cm³/mol. The topological polar surface area (TPSA) is 40.5 Å². The van der Waals surface area contributed by atoms with Gasteiger partial charge in [0.25, 0.3) is 0 Å². The fourth-order valence-electron chi connectivity index (χ4n) is 3.91. The highest BCUT2D eigenvalue weighted by Gasteiger charge is 2.39. The van der Waals surface area contributed by atoms with Gasteiger partial charge in [-0.15, -0.1) is 0 Å². The molecule has 1 N–H and O–H groups in total. The summed E-state index contributed by atoms with van der Waals surface area (Å²) < 4.78 is 0. The maximum atomic E-state index is 12.7. The molecule has 3 nitrogen and oxygen atoms in total. The summed E-state index contributed by atoms with van der Waals surface area (Å²) in [5, 5.41) is 9.37. The number of hydrogen-bond acceptors (Lipinski definition) is 2. The van der Waals surface area contributed by atoms with E-state index in [1.807, 2.05) is 12.1 Å². The molecule has 1 aliphatic carbocycles. The fourth-order valence-corrected chi connectivity index (χ4v) is 3.91. The van der Waals surface area contributed by atoms with Crippen molar-refractivity contribution in [3.63, 3.8) is 0 Å². The van der Waals surface area contributed by atoms with Gasteiger partial charge in [-0.3, -0.25) is 4.79 Å². The first kappa shape index (κ1) is 14.4. The molecule has 1 saturated heterocycles. The monoisotopic (exact) mass is 287 g/mol. The van der Waals surface area contributed by atoms with Crippen molar-refractivity contribution in [1.82, 2.24) is 4.90 Å². The van der Waals surface area contributed by atoms with Gasteiger partial charge in [-0.2, -0.15) is 0 Å². The van der Waals surface area contributed by atoms with Crippen molar-refractivity contribution in [3.8, 4) is 5.75 Å². The molecular formula is C18H25NO2. The first-order valence-electron chi connectivity index (χ1n) is 8.17. The third-order valence-corrected chi connectivity index (χ3v) is 5.37. The standard InChI is InChI=1S/C18H25NO2/c1-18(10-2-3-11-18)17(21)19-12-8-15(9-13-19)14-4-6-16(20)7-5-14/h4-7,15,20H,2-3,8-13H2,1H3. The summed E-state index contributed by atoms with van der Waals surface area (Å²) in [6.07, 6.45) is 6.59. The number of likely N-dealkylation sites (tertiary alicyclic amines) is 1. The van der Waals surface area contributed by atoms with Crippen LogP contribution in [-0.2, 0) is 4.79 Å². The average Bonchev–Trinajstić information content (AvgIpc) is 2.96. The molecule has 0 aromatic heterocycles. The minimum atomic E-state index is -0.0919. The van der Waals surface area contributed by atoms with Crippen molar-refractivity contribution in [3.05, 3.63) is 29.8 Å². The van der Waals surface area contributed by atoms with Crippen molar-refractivity contribution in [2.45, 2.75) is 51.4 Å². The molecule has 0 atom stereocenters. The molecular weight excluding hydrogens is 262 g/mol. The highest BCUT2D eigenvalue weighted by atomic mass is 16.3. The highest BCUT2D eigenvalue weighted by Crippen LogP contribution is 2.40. The lowest BCUT2D eigenvalue weighted by atomic mass is 9.84.